The molecule has 1 aliphatic heterocycles. The molecule has 28 heavy (non-hydrogen) atoms. The number of nitrogens with zero attached hydrogens (tertiary/aromatic N) is 1. The predicted octanol–water partition coefficient (Wildman–Crippen LogP) is 5.94. The third kappa shape index (κ3) is 3.86. The van der Waals surface area contributed by atoms with Gasteiger partial charge < -0.3 is 0 Å². The first-order valence-electron chi connectivity index (χ1n) is 8.76. The maximum absolute atomic E-state index is 13.5. The Morgan fingerprint density at radius 3 is 2.50 bits per heavy atom. The van der Waals surface area contributed by atoms with Gasteiger partial charge in [0.05, 0.1) is 10.6 Å². The van der Waals surface area contributed by atoms with Gasteiger partial charge in [-0.3, -0.25) is 0 Å². The van der Waals surface area contributed by atoms with E-state index >= 15 is 0 Å². The van der Waals surface area contributed by atoms with E-state index in [0.717, 1.165) is 25.3 Å². The van der Waals surface area contributed by atoms with Gasteiger partial charge in [0, 0.05) is 8.47 Å². The van der Waals surface area contributed by atoms with E-state index in [1.54, 1.807) is 23.9 Å². The lowest BCUT2D eigenvalue weighted by Gasteiger charge is -2.24. The van der Waals surface area contributed by atoms with E-state index in [1.165, 1.54) is 4.31 Å². The van der Waals surface area contributed by atoms with Gasteiger partial charge in [-0.15, -0.1) is 0 Å². The fourth-order valence-electron chi connectivity index (χ4n) is 3.07. The van der Waals surface area contributed by atoms with Crippen LogP contribution in [-0.2, 0) is 10.0 Å². The van der Waals surface area contributed by atoms with Crippen molar-refractivity contribution in [1.82, 2.24) is 0 Å². The lowest BCUT2D eigenvalue weighted by molar-refractivity contribution is 0.592. The molecule has 3 aromatic carbocycles. The topological polar surface area (TPSA) is 37.4 Å². The van der Waals surface area contributed by atoms with Crippen LogP contribution in [0.4, 0.5) is 5.69 Å². The van der Waals surface area contributed by atoms with Crippen molar-refractivity contribution >= 4 is 56.1 Å². The molecule has 3 aromatic rings. The maximum atomic E-state index is 13.5. The van der Waals surface area contributed by atoms with Crippen molar-refractivity contribution in [2.24, 2.45) is 0 Å². The first kappa shape index (κ1) is 19.5. The molecular formula is C22H18INO2S2. The maximum Gasteiger partial charge on any atom is 0.265 e. The lowest BCUT2D eigenvalue weighted by Crippen LogP contribution is -2.34. The molecule has 1 unspecified atom stereocenters. The zero-order chi connectivity index (χ0) is 19.7. The van der Waals surface area contributed by atoms with Crippen molar-refractivity contribution in [2.75, 3.05) is 4.31 Å². The number of hydrogen-bond donors (Lipinski definition) is 0. The van der Waals surface area contributed by atoms with Gasteiger partial charge in [0.25, 0.3) is 10.0 Å². The van der Waals surface area contributed by atoms with E-state index in [0.29, 0.717) is 4.90 Å². The first-order chi connectivity index (χ1) is 13.4. The van der Waals surface area contributed by atoms with Crippen molar-refractivity contribution < 1.29 is 8.42 Å². The number of benzene rings is 3. The average Bonchev–Trinajstić information content (AvgIpc) is 3.06. The number of sulfonamides is 1. The lowest BCUT2D eigenvalue weighted by atomic mass is 10.2. The van der Waals surface area contributed by atoms with Gasteiger partial charge in [-0.05, 0) is 77.6 Å². The fraction of sp³-hybridized carbons (Fsp3) is 0.0909. The second kappa shape index (κ2) is 7.93. The second-order valence-electron chi connectivity index (χ2n) is 6.50. The molecule has 0 spiro atoms. The fourth-order valence-corrected chi connectivity index (χ4v) is 6.70. The minimum absolute atomic E-state index is 0.308. The molecule has 0 amide bonds. The van der Waals surface area contributed by atoms with Crippen molar-refractivity contribution in [3.8, 4) is 0 Å². The Morgan fingerprint density at radius 1 is 1.00 bits per heavy atom. The molecule has 4 rings (SSSR count). The summed E-state index contributed by atoms with van der Waals surface area (Å²) in [6.45, 7) is 1.95. The molecule has 6 heteroatoms. The Bertz CT molecular complexity index is 1140. The third-order valence-electron chi connectivity index (χ3n) is 4.46. The van der Waals surface area contributed by atoms with Gasteiger partial charge in [0.15, 0.2) is 0 Å². The van der Waals surface area contributed by atoms with Crippen LogP contribution in [-0.4, -0.2) is 13.8 Å². The van der Waals surface area contributed by atoms with E-state index < -0.39 is 10.0 Å². The van der Waals surface area contributed by atoms with Crippen LogP contribution in [0.3, 0.4) is 0 Å². The molecule has 142 valence electrons. The van der Waals surface area contributed by atoms with Crippen LogP contribution in [0, 0.1) is 10.5 Å². The molecule has 0 fully saturated rings. The molecule has 0 saturated carbocycles. The van der Waals surface area contributed by atoms with Crippen LogP contribution in [0.15, 0.2) is 88.7 Å². The van der Waals surface area contributed by atoms with Crippen molar-refractivity contribution in [3.05, 3.63) is 93.6 Å². The van der Waals surface area contributed by atoms with E-state index in [9.17, 15) is 8.42 Å². The number of halogens is 1. The highest BCUT2D eigenvalue weighted by Gasteiger charge is 2.37. The quantitative estimate of drug-likeness (QED) is 0.401. The summed E-state index contributed by atoms with van der Waals surface area (Å²) >= 11 is 3.83. The Morgan fingerprint density at radius 2 is 1.75 bits per heavy atom. The number of fused-ring (bicyclic) bond motifs is 1. The molecule has 0 aliphatic carbocycles. The van der Waals surface area contributed by atoms with Gasteiger partial charge in [-0.2, -0.15) is 0 Å². The van der Waals surface area contributed by atoms with Gasteiger partial charge in [0.1, 0.15) is 5.37 Å². The zero-order valence-corrected chi connectivity index (χ0v) is 18.9. The molecule has 0 radical (unpaired) electrons. The van der Waals surface area contributed by atoms with Crippen molar-refractivity contribution in [2.45, 2.75) is 22.1 Å². The average molecular weight is 519 g/mol. The van der Waals surface area contributed by atoms with E-state index in [1.807, 2.05) is 73.7 Å². The second-order valence-corrected chi connectivity index (χ2v) is 10.7. The monoisotopic (exact) mass is 519 g/mol. The van der Waals surface area contributed by atoms with Crippen LogP contribution in [0.1, 0.15) is 11.1 Å². The van der Waals surface area contributed by atoms with Crippen molar-refractivity contribution in [1.29, 1.82) is 0 Å². The molecule has 0 saturated heterocycles. The van der Waals surface area contributed by atoms with E-state index in [4.69, 9.17) is 0 Å². The number of para-hydroxylation sites is 1. The highest BCUT2D eigenvalue weighted by molar-refractivity contribution is 14.1. The SMILES string of the molecule is Cc1ccc(S(=O)(=O)N2c3ccccc3SC2/C=C/c2cccc(I)c2)cc1. The summed E-state index contributed by atoms with van der Waals surface area (Å²) < 4.78 is 29.6. The largest absolute Gasteiger partial charge is 0.265 e. The summed E-state index contributed by atoms with van der Waals surface area (Å²) in [6, 6.07) is 22.8. The van der Waals surface area contributed by atoms with Crippen LogP contribution < -0.4 is 4.31 Å². The van der Waals surface area contributed by atoms with E-state index in [2.05, 4.69) is 28.7 Å². The van der Waals surface area contributed by atoms with Crippen LogP contribution >= 0.6 is 34.4 Å². The molecule has 0 N–H and O–H groups in total. The minimum Gasteiger partial charge on any atom is -0.248 e. The summed E-state index contributed by atoms with van der Waals surface area (Å²) in [5, 5.41) is -0.332. The Hall–Kier alpha value is -1.77. The number of rotatable bonds is 4. The van der Waals surface area contributed by atoms with Gasteiger partial charge in [-0.1, -0.05) is 59.8 Å². The molecule has 1 atom stereocenters. The molecule has 1 heterocycles. The normalized spacial score (nSPS) is 16.5. The molecule has 3 nitrogen and oxygen atoms in total. The highest BCUT2D eigenvalue weighted by atomic mass is 127. The van der Waals surface area contributed by atoms with E-state index in [-0.39, 0.29) is 5.37 Å². The number of hydrogen-bond acceptors (Lipinski definition) is 3. The predicted molar refractivity (Wildman–Crippen MR) is 125 cm³/mol. The Kier molecular flexibility index (Phi) is 5.53. The summed E-state index contributed by atoms with van der Waals surface area (Å²) in [6.07, 6.45) is 3.95. The summed E-state index contributed by atoms with van der Waals surface area (Å²) in [4.78, 5) is 1.28. The number of anilines is 1. The van der Waals surface area contributed by atoms with Gasteiger partial charge in [-0.25, -0.2) is 12.7 Å². The van der Waals surface area contributed by atoms with Crippen LogP contribution in [0.2, 0.25) is 0 Å². The standard InChI is InChI=1S/C22H18INO2S2/c1-16-9-12-19(13-10-16)28(25,26)24-20-7-2-3-8-21(20)27-22(24)14-11-17-5-4-6-18(23)15-17/h2-15,22H,1H3/b14-11+. The Labute approximate surface area is 183 Å². The summed E-state index contributed by atoms with van der Waals surface area (Å²) in [7, 11) is -3.67. The van der Waals surface area contributed by atoms with Crippen molar-refractivity contribution in [3.63, 3.8) is 0 Å². The van der Waals surface area contributed by atoms with Gasteiger partial charge >= 0.3 is 0 Å². The highest BCUT2D eigenvalue weighted by Crippen LogP contribution is 2.46. The number of thioether (sulfide) groups is 1. The molecule has 0 bridgehead atoms. The van der Waals surface area contributed by atoms with Crippen LogP contribution in [0.25, 0.3) is 6.08 Å². The minimum atomic E-state index is -3.67. The van der Waals surface area contributed by atoms with Gasteiger partial charge in [0.2, 0.25) is 0 Å². The summed E-state index contributed by atoms with van der Waals surface area (Å²) in [5.74, 6) is 0. The zero-order valence-electron chi connectivity index (χ0n) is 15.1. The third-order valence-corrected chi connectivity index (χ3v) is 8.28. The summed E-state index contributed by atoms with van der Waals surface area (Å²) in [5.41, 5.74) is 2.81. The molecule has 1 aliphatic rings. The molecule has 0 aromatic heterocycles. The number of aryl methyl sites for hydroxylation is 1. The van der Waals surface area contributed by atoms with Crippen LogP contribution in [0.5, 0.6) is 0 Å². The Balaban J connectivity index is 1.75. The first-order valence-corrected chi connectivity index (χ1v) is 12.2. The molecular weight excluding hydrogens is 501 g/mol. The smallest absolute Gasteiger partial charge is 0.248 e.